The van der Waals surface area contributed by atoms with Crippen molar-refractivity contribution in [2.24, 2.45) is 0 Å². The van der Waals surface area contributed by atoms with Crippen molar-refractivity contribution in [2.45, 2.75) is 39.3 Å². The summed E-state index contributed by atoms with van der Waals surface area (Å²) in [6, 6.07) is 7.63. The van der Waals surface area contributed by atoms with Crippen LogP contribution in [-0.2, 0) is 25.7 Å². The molecule has 32 heavy (non-hydrogen) atoms. The second kappa shape index (κ2) is 9.22. The number of hydrogen-bond donors (Lipinski definition) is 2. The molecule has 2 aromatic rings. The predicted molar refractivity (Wildman–Crippen MR) is 125 cm³/mol. The van der Waals surface area contributed by atoms with Crippen LogP contribution in [0.5, 0.6) is 0 Å². The topological polar surface area (TPSA) is 92.7 Å². The zero-order valence-electron chi connectivity index (χ0n) is 18.1. The van der Waals surface area contributed by atoms with Crippen molar-refractivity contribution in [2.75, 3.05) is 19.7 Å². The number of carbonyl (C=O) groups is 3. The summed E-state index contributed by atoms with van der Waals surface area (Å²) in [4.78, 5) is 39.4. The Hall–Kier alpha value is -3.04. The quantitative estimate of drug-likeness (QED) is 0.395. The molecule has 0 radical (unpaired) electrons. The number of nitrogens with zero attached hydrogens (tertiary/aromatic N) is 2. The van der Waals surface area contributed by atoms with Crippen LogP contribution < -0.4 is 10.6 Å². The highest BCUT2D eigenvalue weighted by molar-refractivity contribution is 7.80. The van der Waals surface area contributed by atoms with Gasteiger partial charge in [-0.1, -0.05) is 18.2 Å². The Morgan fingerprint density at radius 3 is 2.84 bits per heavy atom. The van der Waals surface area contributed by atoms with Crippen LogP contribution in [-0.4, -0.2) is 58.1 Å². The normalized spacial score (nSPS) is 20.3. The number of likely N-dealkylation sites (N-methyl/N-ethyl adjacent to an activating group) is 1. The Kier molecular flexibility index (Phi) is 6.38. The Morgan fingerprint density at radius 1 is 1.34 bits per heavy atom. The first-order valence-corrected chi connectivity index (χ1v) is 11.2. The number of nitrogens with one attached hydrogen (secondary N) is 2. The fourth-order valence-corrected chi connectivity index (χ4v) is 4.51. The number of aromatic nitrogens is 1. The standard InChI is InChI=1S/C23H26N4O4S/c1-3-26-22(30)18(21(29)25-23(26)32)11-17-14(2)27(19-9-5-4-8-16(17)19)13-20(28)24-12-15-7-6-10-31-15/h4-5,8-9,11,15H,3,6-7,10,12-13H2,1-2H3,(H,24,28)(H,25,29,32). The number of thiocarbonyl (C=S) groups is 1. The molecule has 168 valence electrons. The number of carbonyl (C=O) groups excluding carboxylic acids is 3. The zero-order chi connectivity index (χ0) is 22.8. The van der Waals surface area contributed by atoms with Crippen LogP contribution in [0.2, 0.25) is 0 Å². The maximum atomic E-state index is 12.9. The Labute approximate surface area is 191 Å². The first-order valence-electron chi connectivity index (χ1n) is 10.8. The molecule has 2 aliphatic heterocycles. The highest BCUT2D eigenvalue weighted by Crippen LogP contribution is 2.29. The summed E-state index contributed by atoms with van der Waals surface area (Å²) >= 11 is 5.11. The van der Waals surface area contributed by atoms with Crippen LogP contribution in [0.25, 0.3) is 17.0 Å². The van der Waals surface area contributed by atoms with Gasteiger partial charge in [0.1, 0.15) is 12.1 Å². The van der Waals surface area contributed by atoms with Gasteiger partial charge in [-0.05, 0) is 51.0 Å². The molecule has 1 aromatic carbocycles. The van der Waals surface area contributed by atoms with E-state index in [-0.39, 0.29) is 29.2 Å². The van der Waals surface area contributed by atoms with E-state index in [1.807, 2.05) is 35.8 Å². The van der Waals surface area contributed by atoms with Crippen molar-refractivity contribution in [1.29, 1.82) is 0 Å². The lowest BCUT2D eigenvalue weighted by molar-refractivity contribution is -0.128. The number of benzene rings is 1. The van der Waals surface area contributed by atoms with E-state index in [2.05, 4.69) is 10.6 Å². The van der Waals surface area contributed by atoms with Crippen molar-refractivity contribution in [3.05, 3.63) is 41.1 Å². The maximum Gasteiger partial charge on any atom is 0.265 e. The molecule has 0 spiro atoms. The summed E-state index contributed by atoms with van der Waals surface area (Å²) in [5.41, 5.74) is 2.41. The largest absolute Gasteiger partial charge is 0.376 e. The van der Waals surface area contributed by atoms with E-state index < -0.39 is 11.8 Å². The van der Waals surface area contributed by atoms with Gasteiger partial charge in [0, 0.05) is 41.9 Å². The molecule has 9 heteroatoms. The van der Waals surface area contributed by atoms with E-state index in [1.165, 1.54) is 4.90 Å². The van der Waals surface area contributed by atoms with E-state index in [0.29, 0.717) is 13.1 Å². The minimum Gasteiger partial charge on any atom is -0.376 e. The highest BCUT2D eigenvalue weighted by atomic mass is 32.1. The van der Waals surface area contributed by atoms with Crippen molar-refractivity contribution in [3.8, 4) is 0 Å². The molecule has 2 fully saturated rings. The first kappa shape index (κ1) is 22.2. The summed E-state index contributed by atoms with van der Waals surface area (Å²) in [6.07, 6.45) is 3.65. The lowest BCUT2D eigenvalue weighted by atomic mass is 10.0. The molecule has 1 aromatic heterocycles. The van der Waals surface area contributed by atoms with Crippen LogP contribution >= 0.6 is 12.2 Å². The van der Waals surface area contributed by atoms with E-state index in [1.54, 1.807) is 13.0 Å². The van der Waals surface area contributed by atoms with Crippen LogP contribution in [0.15, 0.2) is 29.8 Å². The van der Waals surface area contributed by atoms with Crippen molar-refractivity contribution in [3.63, 3.8) is 0 Å². The van der Waals surface area contributed by atoms with Crippen molar-refractivity contribution < 1.29 is 19.1 Å². The molecule has 2 N–H and O–H groups in total. The molecule has 0 aliphatic carbocycles. The number of hydrogen-bond acceptors (Lipinski definition) is 5. The third kappa shape index (κ3) is 4.18. The number of rotatable bonds is 6. The van der Waals surface area contributed by atoms with Crippen molar-refractivity contribution in [1.82, 2.24) is 20.1 Å². The van der Waals surface area contributed by atoms with Gasteiger partial charge in [0.15, 0.2) is 5.11 Å². The third-order valence-corrected chi connectivity index (χ3v) is 6.25. The molecule has 8 nitrogen and oxygen atoms in total. The summed E-state index contributed by atoms with van der Waals surface area (Å²) in [5, 5.41) is 6.50. The SMILES string of the molecule is CCN1C(=O)C(=Cc2c(C)n(CC(=O)NCC3CCCO3)c3ccccc23)C(=O)NC1=S. The average molecular weight is 455 g/mol. The second-order valence-corrected chi connectivity index (χ2v) is 8.29. The molecule has 3 amide bonds. The third-order valence-electron chi connectivity index (χ3n) is 5.92. The van der Waals surface area contributed by atoms with Gasteiger partial charge in [-0.3, -0.25) is 24.6 Å². The van der Waals surface area contributed by atoms with Gasteiger partial charge in [0.25, 0.3) is 11.8 Å². The molecule has 1 unspecified atom stereocenters. The summed E-state index contributed by atoms with van der Waals surface area (Å²) in [7, 11) is 0. The predicted octanol–water partition coefficient (Wildman–Crippen LogP) is 1.89. The molecule has 1 atom stereocenters. The summed E-state index contributed by atoms with van der Waals surface area (Å²) in [5.74, 6) is -1.06. The molecule has 0 bridgehead atoms. The highest BCUT2D eigenvalue weighted by Gasteiger charge is 2.33. The molecule has 2 aliphatic rings. The lowest BCUT2D eigenvalue weighted by Gasteiger charge is -2.27. The van der Waals surface area contributed by atoms with Gasteiger partial charge in [0.2, 0.25) is 5.91 Å². The van der Waals surface area contributed by atoms with E-state index >= 15 is 0 Å². The molecular formula is C23H26N4O4S. The van der Waals surface area contributed by atoms with Gasteiger partial charge < -0.3 is 14.6 Å². The Balaban J connectivity index is 1.66. The monoisotopic (exact) mass is 454 g/mol. The van der Waals surface area contributed by atoms with Gasteiger partial charge in [-0.2, -0.15) is 0 Å². The van der Waals surface area contributed by atoms with Crippen molar-refractivity contribution >= 4 is 52.0 Å². The minimum absolute atomic E-state index is 0.0225. The summed E-state index contributed by atoms with van der Waals surface area (Å²) in [6.45, 7) is 5.41. The molecule has 2 saturated heterocycles. The first-order chi connectivity index (χ1) is 15.4. The van der Waals surface area contributed by atoms with Gasteiger partial charge in [0.05, 0.1) is 6.10 Å². The number of fused-ring (bicyclic) bond motifs is 1. The van der Waals surface area contributed by atoms with E-state index in [0.717, 1.165) is 41.6 Å². The van der Waals surface area contributed by atoms with Crippen LogP contribution in [0.4, 0.5) is 0 Å². The lowest BCUT2D eigenvalue weighted by Crippen LogP contribution is -2.53. The van der Waals surface area contributed by atoms with Gasteiger partial charge in [-0.25, -0.2) is 0 Å². The maximum absolute atomic E-state index is 12.9. The number of para-hydroxylation sites is 1. The Morgan fingerprint density at radius 2 is 2.12 bits per heavy atom. The van der Waals surface area contributed by atoms with Crippen LogP contribution in [0, 0.1) is 6.92 Å². The number of ether oxygens (including phenoxy) is 1. The van der Waals surface area contributed by atoms with E-state index in [9.17, 15) is 14.4 Å². The molecule has 3 heterocycles. The second-order valence-electron chi connectivity index (χ2n) is 7.91. The Bertz CT molecular complexity index is 1130. The molecular weight excluding hydrogens is 428 g/mol. The zero-order valence-corrected chi connectivity index (χ0v) is 19.0. The molecule has 0 saturated carbocycles. The van der Waals surface area contributed by atoms with E-state index in [4.69, 9.17) is 17.0 Å². The molecule has 4 rings (SSSR count). The van der Waals surface area contributed by atoms with Crippen LogP contribution in [0.1, 0.15) is 31.0 Å². The van der Waals surface area contributed by atoms with Crippen LogP contribution in [0.3, 0.4) is 0 Å². The summed E-state index contributed by atoms with van der Waals surface area (Å²) < 4.78 is 7.47. The minimum atomic E-state index is -0.518. The average Bonchev–Trinajstić information content (AvgIpc) is 3.37. The van der Waals surface area contributed by atoms with Gasteiger partial charge >= 0.3 is 0 Å². The fraction of sp³-hybridized carbons (Fsp3) is 0.391. The number of amides is 3. The smallest absolute Gasteiger partial charge is 0.265 e. The fourth-order valence-electron chi connectivity index (χ4n) is 4.20. The van der Waals surface area contributed by atoms with Gasteiger partial charge in [-0.15, -0.1) is 0 Å².